The maximum atomic E-state index is 12.9. The van der Waals surface area contributed by atoms with Crippen LogP contribution in [0.15, 0.2) is 23.1 Å². The first-order valence-electron chi connectivity index (χ1n) is 9.02. The minimum atomic E-state index is -3.51. The molecule has 1 saturated heterocycles. The third-order valence-corrected chi connectivity index (χ3v) is 7.03. The average Bonchev–Trinajstić information content (AvgIpc) is 2.53. The Kier molecular flexibility index (Phi) is 5.34. The second kappa shape index (κ2) is 7.33. The van der Waals surface area contributed by atoms with E-state index in [0.717, 1.165) is 44.2 Å². The molecule has 1 aliphatic heterocycles. The van der Waals surface area contributed by atoms with Gasteiger partial charge in [-0.15, -0.1) is 0 Å². The van der Waals surface area contributed by atoms with E-state index >= 15 is 0 Å². The number of rotatable bonds is 5. The maximum absolute atomic E-state index is 12.9. The lowest BCUT2D eigenvalue weighted by Gasteiger charge is -2.28. The Morgan fingerprint density at radius 1 is 1.12 bits per heavy atom. The van der Waals surface area contributed by atoms with Crippen molar-refractivity contribution in [2.75, 3.05) is 37.4 Å². The number of benzene rings is 1. The molecule has 1 heterocycles. The van der Waals surface area contributed by atoms with Gasteiger partial charge in [0.1, 0.15) is 0 Å². The fourth-order valence-electron chi connectivity index (χ4n) is 3.33. The van der Waals surface area contributed by atoms with Crippen LogP contribution < -0.4 is 10.2 Å². The number of sulfonamides is 1. The summed E-state index contributed by atoms with van der Waals surface area (Å²) in [6.07, 6.45) is 5.79. The van der Waals surface area contributed by atoms with Gasteiger partial charge in [-0.2, -0.15) is 4.31 Å². The fourth-order valence-corrected chi connectivity index (χ4v) is 4.87. The molecule has 0 unspecified atom stereocenters. The number of piperidine rings is 1. The predicted molar refractivity (Wildman–Crippen MR) is 99.3 cm³/mol. The summed E-state index contributed by atoms with van der Waals surface area (Å²) < 4.78 is 27.4. The van der Waals surface area contributed by atoms with Gasteiger partial charge in [-0.25, -0.2) is 8.42 Å². The van der Waals surface area contributed by atoms with Crippen LogP contribution in [0.1, 0.15) is 38.5 Å². The molecule has 25 heavy (non-hydrogen) atoms. The number of hydrogen-bond donors (Lipinski definition) is 1. The van der Waals surface area contributed by atoms with E-state index in [0.29, 0.717) is 18.8 Å². The maximum Gasteiger partial charge on any atom is 0.243 e. The molecule has 0 bridgehead atoms. The molecular weight excluding hydrogens is 338 g/mol. The molecule has 138 valence electrons. The standard InChI is InChI=1S/C18H27N3O3S/c1-20(2)17-10-9-15(25(23,24)21-11-4-3-5-12-21)13-16(17)19-18(22)14-7-6-8-14/h9-10,13-14H,3-8,11-12H2,1-2H3,(H,19,22). The Hall–Kier alpha value is -1.60. The molecule has 0 spiro atoms. The molecule has 7 heteroatoms. The number of nitrogens with one attached hydrogen (secondary N) is 1. The van der Waals surface area contributed by atoms with Crippen molar-refractivity contribution in [3.05, 3.63) is 18.2 Å². The molecule has 1 amide bonds. The molecule has 1 aromatic rings. The van der Waals surface area contributed by atoms with Crippen LogP contribution in [-0.2, 0) is 14.8 Å². The Balaban J connectivity index is 1.89. The van der Waals surface area contributed by atoms with Gasteiger partial charge < -0.3 is 10.2 Å². The minimum Gasteiger partial charge on any atom is -0.376 e. The number of nitrogens with zero attached hydrogens (tertiary/aromatic N) is 2. The van der Waals surface area contributed by atoms with E-state index in [1.807, 2.05) is 19.0 Å². The van der Waals surface area contributed by atoms with Gasteiger partial charge in [0.05, 0.1) is 16.3 Å². The molecule has 2 fully saturated rings. The third-order valence-electron chi connectivity index (χ3n) is 5.14. The summed E-state index contributed by atoms with van der Waals surface area (Å²) in [4.78, 5) is 14.5. The largest absolute Gasteiger partial charge is 0.376 e. The van der Waals surface area contributed by atoms with Crippen molar-refractivity contribution < 1.29 is 13.2 Å². The zero-order valence-electron chi connectivity index (χ0n) is 15.0. The van der Waals surface area contributed by atoms with Crippen LogP contribution in [0.4, 0.5) is 11.4 Å². The second-order valence-corrected chi connectivity index (χ2v) is 9.09. The number of anilines is 2. The zero-order valence-corrected chi connectivity index (χ0v) is 15.8. The Bertz CT molecular complexity index is 736. The van der Waals surface area contributed by atoms with Gasteiger partial charge in [-0.1, -0.05) is 12.8 Å². The minimum absolute atomic E-state index is 0.0122. The van der Waals surface area contributed by atoms with Crippen LogP contribution in [-0.4, -0.2) is 45.8 Å². The van der Waals surface area contributed by atoms with E-state index in [4.69, 9.17) is 0 Å². The molecular formula is C18H27N3O3S. The third kappa shape index (κ3) is 3.82. The van der Waals surface area contributed by atoms with Crippen LogP contribution in [0.25, 0.3) is 0 Å². The summed E-state index contributed by atoms with van der Waals surface area (Å²) >= 11 is 0. The molecule has 6 nitrogen and oxygen atoms in total. The van der Waals surface area contributed by atoms with Crippen LogP contribution in [0.3, 0.4) is 0 Å². The first-order chi connectivity index (χ1) is 11.9. The Labute approximate surface area is 150 Å². The van der Waals surface area contributed by atoms with E-state index < -0.39 is 10.0 Å². The lowest BCUT2D eigenvalue weighted by Crippen LogP contribution is -2.35. The Morgan fingerprint density at radius 3 is 2.36 bits per heavy atom. The van der Waals surface area contributed by atoms with E-state index in [1.165, 1.54) is 0 Å². The normalized spacial score (nSPS) is 19.3. The molecule has 3 rings (SSSR count). The summed E-state index contributed by atoms with van der Waals surface area (Å²) in [6.45, 7) is 1.14. The van der Waals surface area contributed by atoms with Crippen LogP contribution >= 0.6 is 0 Å². The highest BCUT2D eigenvalue weighted by Crippen LogP contribution is 2.32. The average molecular weight is 365 g/mol. The summed E-state index contributed by atoms with van der Waals surface area (Å²) in [6, 6.07) is 5.02. The summed E-state index contributed by atoms with van der Waals surface area (Å²) in [7, 11) is 0.253. The van der Waals surface area contributed by atoms with Gasteiger partial charge in [0.2, 0.25) is 15.9 Å². The molecule has 0 atom stereocenters. The van der Waals surface area contributed by atoms with Gasteiger partial charge in [0, 0.05) is 33.1 Å². The first-order valence-corrected chi connectivity index (χ1v) is 10.5. The quantitative estimate of drug-likeness (QED) is 0.871. The van der Waals surface area contributed by atoms with Crippen molar-refractivity contribution in [2.24, 2.45) is 5.92 Å². The van der Waals surface area contributed by atoms with Crippen molar-refractivity contribution in [2.45, 2.75) is 43.4 Å². The molecule has 0 aromatic heterocycles. The van der Waals surface area contributed by atoms with Gasteiger partial charge in [0.25, 0.3) is 0 Å². The van der Waals surface area contributed by atoms with Gasteiger partial charge in [-0.3, -0.25) is 4.79 Å². The predicted octanol–water partition coefficient (Wildman–Crippen LogP) is 2.67. The first kappa shape index (κ1) is 18.2. The van der Waals surface area contributed by atoms with Crippen molar-refractivity contribution >= 4 is 27.3 Å². The number of carbonyl (C=O) groups is 1. The van der Waals surface area contributed by atoms with Crippen molar-refractivity contribution in [3.8, 4) is 0 Å². The van der Waals surface area contributed by atoms with E-state index in [-0.39, 0.29) is 16.7 Å². The van der Waals surface area contributed by atoms with Crippen LogP contribution in [0.5, 0.6) is 0 Å². The van der Waals surface area contributed by atoms with Crippen molar-refractivity contribution in [1.82, 2.24) is 4.31 Å². The lowest BCUT2D eigenvalue weighted by atomic mass is 9.85. The summed E-state index contributed by atoms with van der Waals surface area (Å²) in [5, 5.41) is 2.95. The van der Waals surface area contributed by atoms with E-state index in [9.17, 15) is 13.2 Å². The molecule has 1 aliphatic carbocycles. The highest BCUT2D eigenvalue weighted by molar-refractivity contribution is 7.89. The molecule has 0 radical (unpaired) electrons. The smallest absolute Gasteiger partial charge is 0.243 e. The van der Waals surface area contributed by atoms with Crippen LogP contribution in [0, 0.1) is 5.92 Å². The van der Waals surface area contributed by atoms with Gasteiger partial charge in [0.15, 0.2) is 0 Å². The summed E-state index contributed by atoms with van der Waals surface area (Å²) in [5.41, 5.74) is 1.38. The highest BCUT2D eigenvalue weighted by atomic mass is 32.2. The SMILES string of the molecule is CN(C)c1ccc(S(=O)(=O)N2CCCCC2)cc1NC(=O)C1CCC1. The molecule has 1 aromatic carbocycles. The van der Waals surface area contributed by atoms with Crippen molar-refractivity contribution in [1.29, 1.82) is 0 Å². The van der Waals surface area contributed by atoms with Crippen LogP contribution in [0.2, 0.25) is 0 Å². The second-order valence-electron chi connectivity index (χ2n) is 7.16. The molecule has 1 N–H and O–H groups in total. The topological polar surface area (TPSA) is 69.7 Å². The summed E-state index contributed by atoms with van der Waals surface area (Å²) in [5.74, 6) is 0.0410. The highest BCUT2D eigenvalue weighted by Gasteiger charge is 2.29. The number of carbonyl (C=O) groups excluding carboxylic acids is 1. The molecule has 1 saturated carbocycles. The molecule has 2 aliphatic rings. The lowest BCUT2D eigenvalue weighted by molar-refractivity contribution is -0.122. The number of hydrogen-bond acceptors (Lipinski definition) is 4. The fraction of sp³-hybridized carbons (Fsp3) is 0.611. The van der Waals surface area contributed by atoms with Gasteiger partial charge >= 0.3 is 0 Å². The van der Waals surface area contributed by atoms with E-state index in [2.05, 4.69) is 5.32 Å². The monoisotopic (exact) mass is 365 g/mol. The zero-order chi connectivity index (χ0) is 18.0. The number of amides is 1. The van der Waals surface area contributed by atoms with E-state index in [1.54, 1.807) is 22.5 Å². The van der Waals surface area contributed by atoms with Crippen molar-refractivity contribution in [3.63, 3.8) is 0 Å². The van der Waals surface area contributed by atoms with Gasteiger partial charge in [-0.05, 0) is 43.9 Å². The Morgan fingerprint density at radius 2 is 1.80 bits per heavy atom.